The molecule has 3 rings (SSSR count). The van der Waals surface area contributed by atoms with Gasteiger partial charge in [-0.15, -0.1) is 0 Å². The molecule has 7 nitrogen and oxygen atoms in total. The molecule has 0 radical (unpaired) electrons. The van der Waals surface area contributed by atoms with Gasteiger partial charge in [0.2, 0.25) is 5.91 Å². The third kappa shape index (κ3) is 3.97. The largest absolute Gasteiger partial charge is 0.353 e. The van der Waals surface area contributed by atoms with Crippen LogP contribution < -0.4 is 10.9 Å². The predicted octanol–water partition coefficient (Wildman–Crippen LogP) is 2.49. The van der Waals surface area contributed by atoms with Gasteiger partial charge in [-0.05, 0) is 44.2 Å². The lowest BCUT2D eigenvalue weighted by Crippen LogP contribution is -2.15. The number of aromatic amines is 2. The highest BCUT2D eigenvalue weighted by Crippen LogP contribution is 2.16. The summed E-state index contributed by atoms with van der Waals surface area (Å²) < 4.78 is 0. The molecule has 0 aliphatic carbocycles. The molecule has 8 heteroatoms. The number of fused-ring (bicyclic) bond motifs is 1. The molecular formula is C17H16N4O3S. The van der Waals surface area contributed by atoms with Crippen molar-refractivity contribution < 1.29 is 9.59 Å². The van der Waals surface area contributed by atoms with Crippen LogP contribution in [-0.2, 0) is 4.79 Å². The van der Waals surface area contributed by atoms with Crippen molar-refractivity contribution >= 4 is 40.2 Å². The van der Waals surface area contributed by atoms with Gasteiger partial charge in [0, 0.05) is 16.9 Å². The maximum Gasteiger partial charge on any atom is 0.275 e. The molecule has 1 amide bonds. The Labute approximate surface area is 147 Å². The molecule has 3 N–H and O–H groups in total. The second kappa shape index (κ2) is 6.94. The summed E-state index contributed by atoms with van der Waals surface area (Å²) in [5, 5.41) is 3.12. The van der Waals surface area contributed by atoms with E-state index < -0.39 is 0 Å². The average Bonchev–Trinajstić information content (AvgIpc) is 2.94. The van der Waals surface area contributed by atoms with Crippen molar-refractivity contribution in [2.24, 2.45) is 0 Å². The molecule has 0 atom stereocenters. The summed E-state index contributed by atoms with van der Waals surface area (Å²) in [6.45, 7) is 3.33. The molecule has 0 unspecified atom stereocenters. The Morgan fingerprint density at radius 1 is 1.20 bits per heavy atom. The standard InChI is InChI=1S/C17H16N4O3S/c1-9-7-13-15(18-9)16(24)21-17(20-13)25-8-14(23)19-12-5-3-11(4-6-12)10(2)22/h3-7,18H,8H2,1-2H3,(H,19,23)(H,20,21,24). The number of Topliss-reactive ketones (excluding diaryl/α,β-unsaturated/α-hetero) is 1. The molecule has 0 aliphatic heterocycles. The lowest BCUT2D eigenvalue weighted by atomic mass is 10.1. The summed E-state index contributed by atoms with van der Waals surface area (Å²) >= 11 is 1.15. The van der Waals surface area contributed by atoms with E-state index in [1.165, 1.54) is 6.92 Å². The van der Waals surface area contributed by atoms with E-state index in [0.717, 1.165) is 17.5 Å². The highest BCUT2D eigenvalue weighted by molar-refractivity contribution is 7.99. The first-order chi connectivity index (χ1) is 11.9. The molecular weight excluding hydrogens is 340 g/mol. The van der Waals surface area contributed by atoms with Gasteiger partial charge >= 0.3 is 0 Å². The van der Waals surface area contributed by atoms with Crippen molar-refractivity contribution in [2.45, 2.75) is 19.0 Å². The fourth-order valence-electron chi connectivity index (χ4n) is 2.32. The quantitative estimate of drug-likeness (QED) is 0.370. The second-order valence-corrected chi connectivity index (χ2v) is 6.52. The Balaban J connectivity index is 1.64. The number of hydrogen-bond acceptors (Lipinski definition) is 5. The van der Waals surface area contributed by atoms with Crippen LogP contribution in [0.4, 0.5) is 5.69 Å². The van der Waals surface area contributed by atoms with Crippen LogP contribution in [0.25, 0.3) is 11.0 Å². The Morgan fingerprint density at radius 3 is 2.60 bits per heavy atom. The normalized spacial score (nSPS) is 10.8. The number of nitrogens with one attached hydrogen (secondary N) is 3. The Hall–Kier alpha value is -2.87. The third-order valence-electron chi connectivity index (χ3n) is 3.52. The fourth-order valence-corrected chi connectivity index (χ4v) is 2.99. The van der Waals surface area contributed by atoms with Crippen LogP contribution >= 0.6 is 11.8 Å². The van der Waals surface area contributed by atoms with Crippen molar-refractivity contribution in [3.05, 3.63) is 51.9 Å². The van der Waals surface area contributed by atoms with E-state index in [1.54, 1.807) is 30.3 Å². The number of ketones is 1. The number of aryl methyl sites for hydroxylation is 1. The molecule has 3 aromatic rings. The van der Waals surface area contributed by atoms with Crippen molar-refractivity contribution in [1.82, 2.24) is 15.0 Å². The topological polar surface area (TPSA) is 108 Å². The molecule has 0 fully saturated rings. The van der Waals surface area contributed by atoms with Crippen LogP contribution in [0.3, 0.4) is 0 Å². The summed E-state index contributed by atoms with van der Waals surface area (Å²) in [5.41, 5.74) is 2.78. The van der Waals surface area contributed by atoms with E-state index in [2.05, 4.69) is 20.3 Å². The highest BCUT2D eigenvalue weighted by Gasteiger charge is 2.09. The average molecular weight is 356 g/mol. The number of hydrogen-bond donors (Lipinski definition) is 3. The Bertz CT molecular complexity index is 1000. The first-order valence-electron chi connectivity index (χ1n) is 7.55. The van der Waals surface area contributed by atoms with Crippen LogP contribution in [-0.4, -0.2) is 32.4 Å². The Morgan fingerprint density at radius 2 is 1.92 bits per heavy atom. The predicted molar refractivity (Wildman–Crippen MR) is 97.3 cm³/mol. The number of carbonyl (C=O) groups excluding carboxylic acids is 2. The van der Waals surface area contributed by atoms with Crippen LogP contribution in [0, 0.1) is 6.92 Å². The van der Waals surface area contributed by atoms with Gasteiger partial charge in [-0.2, -0.15) is 0 Å². The number of amides is 1. The molecule has 2 aromatic heterocycles. The number of aromatic nitrogens is 3. The molecule has 0 bridgehead atoms. The number of anilines is 1. The van der Waals surface area contributed by atoms with Gasteiger partial charge in [-0.1, -0.05) is 11.8 Å². The number of H-pyrrole nitrogens is 2. The molecule has 1 aromatic carbocycles. The third-order valence-corrected chi connectivity index (χ3v) is 4.39. The maximum atomic E-state index is 12.0. The smallest absolute Gasteiger partial charge is 0.275 e. The van der Waals surface area contributed by atoms with Gasteiger partial charge in [0.25, 0.3) is 5.56 Å². The van der Waals surface area contributed by atoms with E-state index in [9.17, 15) is 14.4 Å². The molecule has 2 heterocycles. The summed E-state index contributed by atoms with van der Waals surface area (Å²) in [6.07, 6.45) is 0. The minimum absolute atomic E-state index is 0.0288. The summed E-state index contributed by atoms with van der Waals surface area (Å²) in [6, 6.07) is 8.45. The van der Waals surface area contributed by atoms with E-state index in [-0.39, 0.29) is 23.0 Å². The second-order valence-electron chi connectivity index (χ2n) is 5.55. The van der Waals surface area contributed by atoms with E-state index in [0.29, 0.717) is 27.4 Å². The lowest BCUT2D eigenvalue weighted by molar-refractivity contribution is -0.113. The number of benzene rings is 1. The molecule has 0 aliphatic rings. The summed E-state index contributed by atoms with van der Waals surface area (Å²) in [4.78, 5) is 45.2. The summed E-state index contributed by atoms with van der Waals surface area (Å²) in [5.74, 6) is -0.154. The van der Waals surface area contributed by atoms with Crippen molar-refractivity contribution in [3.8, 4) is 0 Å². The molecule has 25 heavy (non-hydrogen) atoms. The van der Waals surface area contributed by atoms with Crippen molar-refractivity contribution in [2.75, 3.05) is 11.1 Å². The molecule has 0 saturated carbocycles. The zero-order valence-corrected chi connectivity index (χ0v) is 14.5. The zero-order chi connectivity index (χ0) is 18.0. The minimum Gasteiger partial charge on any atom is -0.353 e. The maximum absolute atomic E-state index is 12.0. The lowest BCUT2D eigenvalue weighted by Gasteiger charge is -2.05. The van der Waals surface area contributed by atoms with Crippen molar-refractivity contribution in [3.63, 3.8) is 0 Å². The van der Waals surface area contributed by atoms with Gasteiger partial charge in [0.1, 0.15) is 5.52 Å². The number of nitrogens with zero attached hydrogens (tertiary/aromatic N) is 1. The van der Waals surface area contributed by atoms with Crippen LogP contribution in [0.2, 0.25) is 0 Å². The van der Waals surface area contributed by atoms with E-state index in [1.807, 2.05) is 6.92 Å². The minimum atomic E-state index is -0.263. The SMILES string of the molecule is CC(=O)c1ccc(NC(=O)CSc2nc3cc(C)[nH]c3c(=O)[nH]2)cc1. The van der Waals surface area contributed by atoms with Gasteiger partial charge in [-0.25, -0.2) is 4.98 Å². The van der Waals surface area contributed by atoms with Gasteiger partial charge in [0.05, 0.1) is 11.3 Å². The highest BCUT2D eigenvalue weighted by atomic mass is 32.2. The van der Waals surface area contributed by atoms with E-state index >= 15 is 0 Å². The van der Waals surface area contributed by atoms with E-state index in [4.69, 9.17) is 0 Å². The fraction of sp³-hybridized carbons (Fsp3) is 0.176. The molecule has 0 spiro atoms. The van der Waals surface area contributed by atoms with Gasteiger partial charge < -0.3 is 10.3 Å². The van der Waals surface area contributed by atoms with Crippen LogP contribution in [0.15, 0.2) is 40.3 Å². The molecule has 128 valence electrons. The monoisotopic (exact) mass is 356 g/mol. The number of rotatable bonds is 5. The molecule has 0 saturated heterocycles. The van der Waals surface area contributed by atoms with Gasteiger partial charge in [-0.3, -0.25) is 19.4 Å². The first-order valence-corrected chi connectivity index (χ1v) is 8.54. The van der Waals surface area contributed by atoms with Crippen molar-refractivity contribution in [1.29, 1.82) is 0 Å². The number of carbonyl (C=O) groups is 2. The summed E-state index contributed by atoms with van der Waals surface area (Å²) in [7, 11) is 0. The zero-order valence-electron chi connectivity index (χ0n) is 13.7. The van der Waals surface area contributed by atoms with Crippen LogP contribution in [0.1, 0.15) is 23.0 Å². The van der Waals surface area contributed by atoms with Gasteiger partial charge in [0.15, 0.2) is 10.9 Å². The van der Waals surface area contributed by atoms with Crippen LogP contribution in [0.5, 0.6) is 0 Å². The Kier molecular flexibility index (Phi) is 4.71. The first kappa shape index (κ1) is 17.0. The number of thioether (sulfide) groups is 1.